The van der Waals surface area contributed by atoms with Crippen molar-refractivity contribution < 1.29 is 8.42 Å². The van der Waals surface area contributed by atoms with Crippen LogP contribution in [-0.4, -0.2) is 63.9 Å². The molecule has 2 aliphatic heterocycles. The van der Waals surface area contributed by atoms with Gasteiger partial charge in [-0.25, -0.2) is 8.42 Å². The van der Waals surface area contributed by atoms with E-state index in [1.807, 2.05) is 0 Å². The third kappa shape index (κ3) is 3.84. The van der Waals surface area contributed by atoms with Crippen LogP contribution in [0.3, 0.4) is 0 Å². The number of hydrogen-bond acceptors (Lipinski definition) is 6. The molecule has 0 radical (unpaired) electrons. The lowest BCUT2D eigenvalue weighted by Crippen LogP contribution is -2.47. The maximum absolute atomic E-state index is 11.1. The quantitative estimate of drug-likeness (QED) is 0.776. The van der Waals surface area contributed by atoms with Crippen LogP contribution in [0.2, 0.25) is 0 Å². The number of fused-ring (bicyclic) bond motifs is 1. The highest BCUT2D eigenvalue weighted by molar-refractivity contribution is 7.73. The van der Waals surface area contributed by atoms with Crippen LogP contribution in [0.4, 0.5) is 5.69 Å². The van der Waals surface area contributed by atoms with Crippen molar-refractivity contribution in [2.75, 3.05) is 44.2 Å². The molecule has 3 heterocycles. The van der Waals surface area contributed by atoms with Gasteiger partial charge in [0.1, 0.15) is 10.7 Å². The van der Waals surface area contributed by atoms with Crippen molar-refractivity contribution in [3.05, 3.63) is 29.6 Å². The smallest absolute Gasteiger partial charge is 0.144 e. The Balaban J connectivity index is 1.28. The monoisotopic (exact) mass is 379 g/mol. The Morgan fingerprint density at radius 1 is 1.16 bits per heavy atom. The molecule has 1 N–H and O–H groups in total. The van der Waals surface area contributed by atoms with Gasteiger partial charge in [0.15, 0.2) is 0 Å². The third-order valence-electron chi connectivity index (χ3n) is 5.48. The normalized spacial score (nSPS) is 25.2. The summed E-state index contributed by atoms with van der Waals surface area (Å²) < 4.78 is 23.5. The zero-order valence-electron chi connectivity index (χ0n) is 14.3. The number of nitrogens with zero attached hydrogens (tertiary/aromatic N) is 2. The molecule has 25 heavy (non-hydrogen) atoms. The van der Waals surface area contributed by atoms with E-state index in [9.17, 15) is 8.42 Å². The number of benzene rings is 1. The Labute approximate surface area is 154 Å². The highest BCUT2D eigenvalue weighted by atomic mass is 32.2. The summed E-state index contributed by atoms with van der Waals surface area (Å²) in [6.07, 6.45) is 1.82. The van der Waals surface area contributed by atoms with Crippen LogP contribution in [0.1, 0.15) is 12.8 Å². The molecule has 0 amide bonds. The molecule has 2 aliphatic rings. The summed E-state index contributed by atoms with van der Waals surface area (Å²) in [6, 6.07) is 9.17. The summed E-state index contributed by atoms with van der Waals surface area (Å²) in [5, 5.41) is 6.73. The minimum Gasteiger partial charge on any atom is -0.368 e. The number of nitrogens with one attached hydrogen (secondary N) is 1. The van der Waals surface area contributed by atoms with Crippen LogP contribution < -0.4 is 10.2 Å². The summed E-state index contributed by atoms with van der Waals surface area (Å²) in [5.74, 6) is 0. The molecule has 0 aliphatic carbocycles. The van der Waals surface area contributed by atoms with E-state index in [1.165, 1.54) is 15.8 Å². The molecule has 136 valence electrons. The fraction of sp³-hybridized carbons (Fsp3) is 0.556. The summed E-state index contributed by atoms with van der Waals surface area (Å²) in [6.45, 7) is 5.95. The van der Waals surface area contributed by atoms with E-state index >= 15 is 0 Å². The molecule has 7 heteroatoms. The fourth-order valence-corrected chi connectivity index (χ4v) is 5.47. The van der Waals surface area contributed by atoms with E-state index in [4.69, 9.17) is 0 Å². The largest absolute Gasteiger partial charge is 0.368 e. The Hall–Kier alpha value is -1.15. The number of rotatable bonds is 5. The van der Waals surface area contributed by atoms with Gasteiger partial charge in [-0.2, -0.15) is 0 Å². The van der Waals surface area contributed by atoms with Gasteiger partial charge in [-0.1, -0.05) is 6.07 Å². The van der Waals surface area contributed by atoms with E-state index in [-0.39, 0.29) is 5.25 Å². The summed E-state index contributed by atoms with van der Waals surface area (Å²) in [7, 11) is -2.28. The molecule has 2 fully saturated rings. The maximum Gasteiger partial charge on any atom is 0.144 e. The first-order valence-corrected chi connectivity index (χ1v) is 11.1. The lowest BCUT2D eigenvalue weighted by Gasteiger charge is -2.36. The zero-order valence-corrected chi connectivity index (χ0v) is 16.0. The van der Waals surface area contributed by atoms with Crippen LogP contribution in [0.5, 0.6) is 0 Å². The molecule has 1 aromatic heterocycles. The van der Waals surface area contributed by atoms with Gasteiger partial charge < -0.3 is 10.2 Å². The lowest BCUT2D eigenvalue weighted by atomic mass is 10.1. The molecule has 2 unspecified atom stereocenters. The highest BCUT2D eigenvalue weighted by Crippen LogP contribution is 2.31. The van der Waals surface area contributed by atoms with E-state index in [0.717, 1.165) is 45.6 Å². The molecule has 0 saturated carbocycles. The van der Waals surface area contributed by atoms with Crippen molar-refractivity contribution in [3.63, 3.8) is 0 Å². The molecule has 2 saturated heterocycles. The first-order valence-electron chi connectivity index (χ1n) is 9.01. The third-order valence-corrected chi connectivity index (χ3v) is 7.35. The minimum absolute atomic E-state index is 0.164. The Kier molecular flexibility index (Phi) is 5.26. The van der Waals surface area contributed by atoms with Crippen molar-refractivity contribution >= 4 is 37.8 Å². The molecule has 2 aromatic rings. The first-order chi connectivity index (χ1) is 12.2. The van der Waals surface area contributed by atoms with Gasteiger partial charge >= 0.3 is 0 Å². The van der Waals surface area contributed by atoms with Crippen molar-refractivity contribution in [2.45, 2.75) is 24.1 Å². The molecule has 1 aromatic carbocycles. The molecule has 0 spiro atoms. The average Bonchev–Trinajstić information content (AvgIpc) is 3.29. The summed E-state index contributed by atoms with van der Waals surface area (Å²) in [4.78, 5) is 5.01. The van der Waals surface area contributed by atoms with E-state index in [2.05, 4.69) is 44.8 Å². The van der Waals surface area contributed by atoms with E-state index < -0.39 is 10.7 Å². The number of thiophene rings is 1. The molecule has 2 atom stereocenters. The SMILES string of the molecule is O=[SH](=O)C1CNC(CCN2CCN(c3cccc4sccc34)CC2)C1. The second-order valence-electron chi connectivity index (χ2n) is 7.01. The van der Waals surface area contributed by atoms with Gasteiger partial charge in [-0.15, -0.1) is 11.3 Å². The average molecular weight is 380 g/mol. The summed E-state index contributed by atoms with van der Waals surface area (Å²) in [5.41, 5.74) is 1.36. The van der Waals surface area contributed by atoms with Crippen LogP contribution >= 0.6 is 11.3 Å². The van der Waals surface area contributed by atoms with Gasteiger partial charge in [-0.3, -0.25) is 4.90 Å². The topological polar surface area (TPSA) is 52.7 Å². The summed E-state index contributed by atoms with van der Waals surface area (Å²) >= 11 is 1.80. The Bertz CT molecular complexity index is 788. The van der Waals surface area contributed by atoms with Crippen LogP contribution in [0, 0.1) is 0 Å². The second-order valence-corrected chi connectivity index (χ2v) is 9.26. The Morgan fingerprint density at radius 3 is 2.76 bits per heavy atom. The Morgan fingerprint density at radius 2 is 2.00 bits per heavy atom. The maximum atomic E-state index is 11.1. The van der Waals surface area contributed by atoms with Crippen LogP contribution in [-0.2, 0) is 10.7 Å². The molecule has 5 nitrogen and oxygen atoms in total. The lowest BCUT2D eigenvalue weighted by molar-refractivity contribution is 0.246. The predicted molar refractivity (Wildman–Crippen MR) is 106 cm³/mol. The van der Waals surface area contributed by atoms with Gasteiger partial charge in [0, 0.05) is 54.5 Å². The molecule has 4 rings (SSSR count). The van der Waals surface area contributed by atoms with Gasteiger partial charge in [0.05, 0.1) is 5.25 Å². The minimum atomic E-state index is -2.28. The fourth-order valence-electron chi connectivity index (χ4n) is 3.98. The van der Waals surface area contributed by atoms with E-state index in [1.54, 1.807) is 11.3 Å². The van der Waals surface area contributed by atoms with Crippen molar-refractivity contribution in [1.29, 1.82) is 0 Å². The van der Waals surface area contributed by atoms with Crippen molar-refractivity contribution in [2.24, 2.45) is 0 Å². The number of hydrogen-bond donors (Lipinski definition) is 2. The second kappa shape index (κ2) is 7.61. The van der Waals surface area contributed by atoms with Crippen molar-refractivity contribution in [1.82, 2.24) is 10.2 Å². The predicted octanol–water partition coefficient (Wildman–Crippen LogP) is 1.76. The van der Waals surface area contributed by atoms with Crippen LogP contribution in [0.15, 0.2) is 29.6 Å². The molecular weight excluding hydrogens is 354 g/mol. The van der Waals surface area contributed by atoms with Gasteiger partial charge in [0.25, 0.3) is 0 Å². The van der Waals surface area contributed by atoms with Crippen molar-refractivity contribution in [3.8, 4) is 0 Å². The van der Waals surface area contributed by atoms with Crippen LogP contribution in [0.25, 0.3) is 10.1 Å². The molecular formula is C18H25N3O2S2. The highest BCUT2D eigenvalue weighted by Gasteiger charge is 2.27. The number of anilines is 1. The number of thiol groups is 1. The molecule has 0 bridgehead atoms. The number of piperazine rings is 1. The zero-order chi connectivity index (χ0) is 17.2. The van der Waals surface area contributed by atoms with Gasteiger partial charge in [-0.05, 0) is 43.0 Å². The van der Waals surface area contributed by atoms with Gasteiger partial charge in [0.2, 0.25) is 0 Å². The van der Waals surface area contributed by atoms with E-state index in [0.29, 0.717) is 12.6 Å². The first kappa shape index (κ1) is 17.3. The standard InChI is InChI=1S/C18H25N3O2S2/c22-25(23)15-12-14(19-13-15)4-6-20-7-9-21(10-8-20)17-2-1-3-18-16(17)5-11-24-18/h1-3,5,11,14-15,19,25H,4,6-10,12-13H2.